The van der Waals surface area contributed by atoms with E-state index in [0.717, 1.165) is 18.4 Å². The average Bonchev–Trinajstić information content (AvgIpc) is 2.28. The van der Waals surface area contributed by atoms with Gasteiger partial charge < -0.3 is 9.84 Å². The average molecular weight is 248 g/mol. The molecule has 0 aliphatic carbocycles. The van der Waals surface area contributed by atoms with Gasteiger partial charge in [0, 0.05) is 12.8 Å². The first-order chi connectivity index (χ1) is 8.53. The molecule has 1 aromatic carbocycles. The topological polar surface area (TPSA) is 29.5 Å². The van der Waals surface area contributed by atoms with Crippen molar-refractivity contribution >= 4 is 0 Å². The minimum Gasteiger partial charge on any atom is -0.385 e. The Bertz CT molecular complexity index is 373. The summed E-state index contributed by atoms with van der Waals surface area (Å²) in [5.41, 5.74) is 1.66. The fraction of sp³-hybridized carbons (Fsp3) is 0.625. The van der Waals surface area contributed by atoms with Gasteiger partial charge in [-0.3, -0.25) is 0 Å². The molecule has 1 aromatic rings. The Labute approximate surface area is 110 Å². The Morgan fingerprint density at radius 1 is 1.17 bits per heavy atom. The molecule has 0 aromatic heterocycles. The lowest BCUT2D eigenvalue weighted by Crippen LogP contribution is -2.41. The van der Waals surface area contributed by atoms with E-state index in [4.69, 9.17) is 4.74 Å². The molecule has 1 heterocycles. The molecule has 0 radical (unpaired) electrons. The van der Waals surface area contributed by atoms with Crippen molar-refractivity contribution in [3.8, 4) is 0 Å². The summed E-state index contributed by atoms with van der Waals surface area (Å²) in [5.74, 6) is 0. The fourth-order valence-corrected chi connectivity index (χ4v) is 3.03. The van der Waals surface area contributed by atoms with Gasteiger partial charge in [0.15, 0.2) is 0 Å². The van der Waals surface area contributed by atoms with Crippen molar-refractivity contribution in [2.45, 2.75) is 64.3 Å². The van der Waals surface area contributed by atoms with E-state index in [9.17, 15) is 5.11 Å². The van der Waals surface area contributed by atoms with Gasteiger partial charge in [0.2, 0.25) is 0 Å². The number of aliphatic hydroxyl groups is 1. The van der Waals surface area contributed by atoms with Crippen LogP contribution in [-0.4, -0.2) is 17.3 Å². The standard InChI is InChI=1S/C16H24O2/c1-4-5-14-6-8-15(9-7-14)16(17)10-12(2)18-13(3)11-16/h6-9,12-13,17H,4-5,10-11H2,1-3H3. The molecular formula is C16H24O2. The molecule has 100 valence electrons. The zero-order chi connectivity index (χ0) is 13.2. The maximum atomic E-state index is 10.8. The van der Waals surface area contributed by atoms with Gasteiger partial charge in [0.25, 0.3) is 0 Å². The van der Waals surface area contributed by atoms with Gasteiger partial charge >= 0.3 is 0 Å². The van der Waals surface area contributed by atoms with Crippen LogP contribution in [0.1, 0.15) is 51.2 Å². The molecular weight excluding hydrogens is 224 g/mol. The van der Waals surface area contributed by atoms with Crippen molar-refractivity contribution in [3.05, 3.63) is 35.4 Å². The summed E-state index contributed by atoms with van der Waals surface area (Å²) < 4.78 is 5.71. The maximum absolute atomic E-state index is 10.8. The SMILES string of the molecule is CCCc1ccc(C2(O)CC(C)OC(C)C2)cc1. The molecule has 1 aliphatic heterocycles. The quantitative estimate of drug-likeness (QED) is 0.888. The minimum absolute atomic E-state index is 0.120. The lowest BCUT2D eigenvalue weighted by Gasteiger charge is -2.39. The summed E-state index contributed by atoms with van der Waals surface area (Å²) >= 11 is 0. The highest BCUT2D eigenvalue weighted by molar-refractivity contribution is 5.28. The molecule has 1 saturated heterocycles. The molecule has 2 unspecified atom stereocenters. The zero-order valence-electron chi connectivity index (χ0n) is 11.6. The minimum atomic E-state index is -0.720. The number of benzene rings is 1. The van der Waals surface area contributed by atoms with Crippen molar-refractivity contribution < 1.29 is 9.84 Å². The van der Waals surface area contributed by atoms with E-state index in [1.807, 2.05) is 13.8 Å². The Morgan fingerprint density at radius 2 is 1.72 bits per heavy atom. The van der Waals surface area contributed by atoms with E-state index in [2.05, 4.69) is 31.2 Å². The van der Waals surface area contributed by atoms with Crippen LogP contribution in [-0.2, 0) is 16.8 Å². The van der Waals surface area contributed by atoms with Crippen LogP contribution in [0.15, 0.2) is 24.3 Å². The fourth-order valence-electron chi connectivity index (χ4n) is 3.03. The van der Waals surface area contributed by atoms with Crippen LogP contribution < -0.4 is 0 Å². The zero-order valence-corrected chi connectivity index (χ0v) is 11.6. The van der Waals surface area contributed by atoms with Crippen LogP contribution in [0, 0.1) is 0 Å². The van der Waals surface area contributed by atoms with E-state index >= 15 is 0 Å². The molecule has 0 bridgehead atoms. The number of hydrogen-bond acceptors (Lipinski definition) is 2. The van der Waals surface area contributed by atoms with Gasteiger partial charge in [-0.15, -0.1) is 0 Å². The van der Waals surface area contributed by atoms with Gasteiger partial charge in [-0.1, -0.05) is 37.6 Å². The maximum Gasteiger partial charge on any atom is 0.0945 e. The Morgan fingerprint density at radius 3 is 2.22 bits per heavy atom. The van der Waals surface area contributed by atoms with Crippen LogP contribution in [0.5, 0.6) is 0 Å². The van der Waals surface area contributed by atoms with E-state index in [1.54, 1.807) is 0 Å². The van der Waals surface area contributed by atoms with Crippen LogP contribution in [0.3, 0.4) is 0 Å². The Kier molecular flexibility index (Phi) is 4.08. The van der Waals surface area contributed by atoms with Crippen molar-refractivity contribution in [2.75, 3.05) is 0 Å². The monoisotopic (exact) mass is 248 g/mol. The van der Waals surface area contributed by atoms with Crippen molar-refractivity contribution in [1.82, 2.24) is 0 Å². The van der Waals surface area contributed by atoms with E-state index in [-0.39, 0.29) is 12.2 Å². The molecule has 1 N–H and O–H groups in total. The van der Waals surface area contributed by atoms with Crippen molar-refractivity contribution in [1.29, 1.82) is 0 Å². The summed E-state index contributed by atoms with van der Waals surface area (Å²) in [6, 6.07) is 8.44. The second-order valence-electron chi connectivity index (χ2n) is 5.64. The molecule has 18 heavy (non-hydrogen) atoms. The smallest absolute Gasteiger partial charge is 0.0945 e. The molecule has 0 amide bonds. The second-order valence-corrected chi connectivity index (χ2v) is 5.64. The van der Waals surface area contributed by atoms with Gasteiger partial charge in [-0.2, -0.15) is 0 Å². The van der Waals surface area contributed by atoms with Crippen molar-refractivity contribution in [2.24, 2.45) is 0 Å². The lowest BCUT2D eigenvalue weighted by atomic mass is 9.81. The summed E-state index contributed by atoms with van der Waals surface area (Å²) in [5, 5.41) is 10.8. The highest BCUT2D eigenvalue weighted by Gasteiger charge is 2.38. The number of rotatable bonds is 3. The van der Waals surface area contributed by atoms with Crippen LogP contribution in [0.2, 0.25) is 0 Å². The number of aryl methyl sites for hydroxylation is 1. The molecule has 1 aliphatic rings. The molecule has 1 fully saturated rings. The first-order valence-corrected chi connectivity index (χ1v) is 7.01. The predicted octanol–water partition coefficient (Wildman–Crippen LogP) is 3.41. The van der Waals surface area contributed by atoms with Gasteiger partial charge in [0.05, 0.1) is 17.8 Å². The molecule has 2 rings (SSSR count). The van der Waals surface area contributed by atoms with E-state index in [0.29, 0.717) is 12.8 Å². The summed E-state index contributed by atoms with van der Waals surface area (Å²) in [6.07, 6.45) is 3.87. The molecule has 0 saturated carbocycles. The Balaban J connectivity index is 2.18. The highest BCUT2D eigenvalue weighted by atomic mass is 16.5. The summed E-state index contributed by atoms with van der Waals surface area (Å²) in [4.78, 5) is 0. The first kappa shape index (κ1) is 13.6. The third kappa shape index (κ3) is 2.93. The van der Waals surface area contributed by atoms with E-state index < -0.39 is 5.60 Å². The normalized spacial score (nSPS) is 32.4. The van der Waals surface area contributed by atoms with Gasteiger partial charge in [-0.25, -0.2) is 0 Å². The number of hydrogen-bond donors (Lipinski definition) is 1. The number of ether oxygens (including phenoxy) is 1. The lowest BCUT2D eigenvalue weighted by molar-refractivity contribution is -0.135. The molecule has 2 heteroatoms. The molecule has 0 spiro atoms. The third-order valence-electron chi connectivity index (χ3n) is 3.74. The van der Waals surface area contributed by atoms with Gasteiger partial charge in [0.1, 0.15) is 0 Å². The molecule has 2 nitrogen and oxygen atoms in total. The highest BCUT2D eigenvalue weighted by Crippen LogP contribution is 2.37. The van der Waals surface area contributed by atoms with Crippen LogP contribution in [0.4, 0.5) is 0 Å². The largest absolute Gasteiger partial charge is 0.385 e. The summed E-state index contributed by atoms with van der Waals surface area (Å²) in [6.45, 7) is 6.25. The summed E-state index contributed by atoms with van der Waals surface area (Å²) in [7, 11) is 0. The van der Waals surface area contributed by atoms with Gasteiger partial charge in [-0.05, 0) is 31.4 Å². The van der Waals surface area contributed by atoms with Crippen LogP contribution in [0.25, 0.3) is 0 Å². The van der Waals surface area contributed by atoms with Crippen molar-refractivity contribution in [3.63, 3.8) is 0 Å². The Hall–Kier alpha value is -0.860. The second kappa shape index (κ2) is 5.41. The predicted molar refractivity (Wildman–Crippen MR) is 73.6 cm³/mol. The van der Waals surface area contributed by atoms with Crippen LogP contribution >= 0.6 is 0 Å². The van der Waals surface area contributed by atoms with E-state index in [1.165, 1.54) is 5.56 Å². The third-order valence-corrected chi connectivity index (χ3v) is 3.74. The molecule has 2 atom stereocenters. The first-order valence-electron chi connectivity index (χ1n) is 7.01.